The highest BCUT2D eigenvalue weighted by molar-refractivity contribution is 5.69. The lowest BCUT2D eigenvalue weighted by atomic mass is 9.89. The molecule has 0 aromatic rings. The van der Waals surface area contributed by atoms with Gasteiger partial charge < -0.3 is 4.74 Å². The molecule has 0 N–H and O–H groups in total. The highest BCUT2D eigenvalue weighted by atomic mass is 16.5. The molecule has 0 fully saturated rings. The molecule has 0 aromatic carbocycles. The van der Waals surface area contributed by atoms with Crippen LogP contribution < -0.4 is 0 Å². The lowest BCUT2D eigenvalue weighted by molar-refractivity contribution is -0.143. The molecule has 0 spiro atoms. The fourth-order valence-electron chi connectivity index (χ4n) is 2.03. The van der Waals surface area contributed by atoms with Crippen molar-refractivity contribution in [3.8, 4) is 0 Å². The molecule has 0 atom stereocenters. The Bertz CT molecular complexity index is 216. The van der Waals surface area contributed by atoms with E-state index in [4.69, 9.17) is 4.74 Å². The number of hydrogen-bond donors (Lipinski definition) is 0. The molecule has 0 bridgehead atoms. The average Bonchev–Trinajstić information content (AvgIpc) is 2.31. The van der Waals surface area contributed by atoms with Gasteiger partial charge in [-0.1, -0.05) is 66.2 Å². The lowest BCUT2D eigenvalue weighted by Gasteiger charge is -2.17. The number of rotatable bonds is 11. The molecule has 0 aliphatic carbocycles. The molecule has 0 aliphatic heterocycles. The summed E-state index contributed by atoms with van der Waals surface area (Å²) >= 11 is 0. The first-order valence-electron chi connectivity index (χ1n) is 8.11. The number of hydrogen-bond acceptors (Lipinski definition) is 2. The third-order valence-electron chi connectivity index (χ3n) is 3.32. The SMILES string of the molecule is CCCCOC(=O)CCCCCCCCC(C)(C)C. The van der Waals surface area contributed by atoms with Crippen LogP contribution in [0.5, 0.6) is 0 Å². The maximum absolute atomic E-state index is 11.3. The number of carbonyl (C=O) groups is 1. The van der Waals surface area contributed by atoms with Crippen LogP contribution in [0.2, 0.25) is 0 Å². The van der Waals surface area contributed by atoms with Crippen LogP contribution in [0.25, 0.3) is 0 Å². The predicted octanol–water partition coefficient (Wildman–Crippen LogP) is 5.50. The van der Waals surface area contributed by atoms with Gasteiger partial charge >= 0.3 is 5.97 Å². The monoisotopic (exact) mass is 270 g/mol. The highest BCUT2D eigenvalue weighted by Gasteiger charge is 2.08. The van der Waals surface area contributed by atoms with Crippen molar-refractivity contribution in [3.05, 3.63) is 0 Å². The summed E-state index contributed by atoms with van der Waals surface area (Å²) in [4.78, 5) is 11.3. The number of esters is 1. The minimum absolute atomic E-state index is 0.0128. The van der Waals surface area contributed by atoms with Crippen LogP contribution in [0.4, 0.5) is 0 Å². The van der Waals surface area contributed by atoms with E-state index in [9.17, 15) is 4.79 Å². The summed E-state index contributed by atoms with van der Waals surface area (Å²) in [5, 5.41) is 0. The van der Waals surface area contributed by atoms with Gasteiger partial charge in [-0.25, -0.2) is 0 Å². The molecule has 19 heavy (non-hydrogen) atoms. The van der Waals surface area contributed by atoms with E-state index in [0.717, 1.165) is 19.3 Å². The zero-order valence-electron chi connectivity index (χ0n) is 13.6. The Morgan fingerprint density at radius 2 is 1.47 bits per heavy atom. The van der Waals surface area contributed by atoms with E-state index in [-0.39, 0.29) is 5.97 Å². The van der Waals surface area contributed by atoms with Gasteiger partial charge in [0.25, 0.3) is 0 Å². The molecule has 0 aromatic heterocycles. The maximum Gasteiger partial charge on any atom is 0.305 e. The van der Waals surface area contributed by atoms with Gasteiger partial charge in [-0.3, -0.25) is 4.79 Å². The largest absolute Gasteiger partial charge is 0.466 e. The summed E-state index contributed by atoms with van der Waals surface area (Å²) in [6.07, 6.45) is 11.4. The van der Waals surface area contributed by atoms with Crippen LogP contribution in [-0.2, 0) is 9.53 Å². The second-order valence-corrected chi connectivity index (χ2v) is 6.76. The normalized spacial score (nSPS) is 11.6. The fraction of sp³-hybridized carbons (Fsp3) is 0.941. The number of carbonyl (C=O) groups excluding carboxylic acids is 1. The quantitative estimate of drug-likeness (QED) is 0.366. The molecule has 0 saturated heterocycles. The van der Waals surface area contributed by atoms with E-state index in [1.54, 1.807) is 0 Å². The number of unbranched alkanes of at least 4 members (excludes halogenated alkanes) is 6. The molecule has 2 heteroatoms. The molecule has 0 rings (SSSR count). The second-order valence-electron chi connectivity index (χ2n) is 6.76. The van der Waals surface area contributed by atoms with Gasteiger partial charge in [0.2, 0.25) is 0 Å². The van der Waals surface area contributed by atoms with Crippen molar-refractivity contribution in [2.45, 2.75) is 91.9 Å². The summed E-state index contributed by atoms with van der Waals surface area (Å²) < 4.78 is 5.13. The minimum Gasteiger partial charge on any atom is -0.466 e. The van der Waals surface area contributed by atoms with Crippen LogP contribution in [-0.4, -0.2) is 12.6 Å². The zero-order chi connectivity index (χ0) is 14.6. The van der Waals surface area contributed by atoms with Crippen LogP contribution in [0, 0.1) is 5.41 Å². The smallest absolute Gasteiger partial charge is 0.305 e. The second kappa shape index (κ2) is 11.3. The Balaban J connectivity index is 3.20. The van der Waals surface area contributed by atoms with E-state index in [0.29, 0.717) is 18.4 Å². The number of ether oxygens (including phenoxy) is 1. The minimum atomic E-state index is -0.0128. The van der Waals surface area contributed by atoms with Crippen molar-refractivity contribution in [1.82, 2.24) is 0 Å². The van der Waals surface area contributed by atoms with Gasteiger partial charge in [-0.2, -0.15) is 0 Å². The van der Waals surface area contributed by atoms with E-state index < -0.39 is 0 Å². The standard InChI is InChI=1S/C17H34O2/c1-5-6-15-19-16(18)13-11-9-7-8-10-12-14-17(2,3)4/h5-15H2,1-4H3. The van der Waals surface area contributed by atoms with Gasteiger partial charge in [0.05, 0.1) is 6.61 Å². The van der Waals surface area contributed by atoms with Gasteiger partial charge in [0.1, 0.15) is 0 Å². The van der Waals surface area contributed by atoms with Crippen molar-refractivity contribution >= 4 is 5.97 Å². The molecular weight excluding hydrogens is 236 g/mol. The van der Waals surface area contributed by atoms with Crippen LogP contribution in [0.15, 0.2) is 0 Å². The van der Waals surface area contributed by atoms with Crippen molar-refractivity contribution in [3.63, 3.8) is 0 Å². The molecule has 0 saturated carbocycles. The first-order chi connectivity index (χ1) is 8.95. The lowest BCUT2D eigenvalue weighted by Crippen LogP contribution is -2.05. The first kappa shape index (κ1) is 18.5. The van der Waals surface area contributed by atoms with Crippen LogP contribution in [0.1, 0.15) is 91.9 Å². The Morgan fingerprint density at radius 1 is 0.895 bits per heavy atom. The molecule has 0 aliphatic rings. The average molecular weight is 270 g/mol. The Hall–Kier alpha value is -0.530. The third kappa shape index (κ3) is 15.4. The topological polar surface area (TPSA) is 26.3 Å². The van der Waals surface area contributed by atoms with E-state index in [1.807, 2.05) is 0 Å². The molecule has 0 radical (unpaired) electrons. The summed E-state index contributed by atoms with van der Waals surface area (Å²) in [6, 6.07) is 0. The summed E-state index contributed by atoms with van der Waals surface area (Å²) in [6.45, 7) is 9.61. The molecule has 114 valence electrons. The molecular formula is C17H34O2. The molecule has 0 amide bonds. The van der Waals surface area contributed by atoms with Crippen LogP contribution in [0.3, 0.4) is 0 Å². The van der Waals surface area contributed by atoms with Crippen molar-refractivity contribution in [2.75, 3.05) is 6.61 Å². The maximum atomic E-state index is 11.3. The highest BCUT2D eigenvalue weighted by Crippen LogP contribution is 2.22. The Kier molecular flexibility index (Phi) is 11.0. The van der Waals surface area contributed by atoms with E-state index in [1.165, 1.54) is 38.5 Å². The van der Waals surface area contributed by atoms with Crippen molar-refractivity contribution in [2.24, 2.45) is 5.41 Å². The van der Waals surface area contributed by atoms with Crippen LogP contribution >= 0.6 is 0 Å². The molecule has 2 nitrogen and oxygen atoms in total. The van der Waals surface area contributed by atoms with E-state index >= 15 is 0 Å². The van der Waals surface area contributed by atoms with Gasteiger partial charge in [-0.15, -0.1) is 0 Å². The fourth-order valence-corrected chi connectivity index (χ4v) is 2.03. The summed E-state index contributed by atoms with van der Waals surface area (Å²) in [5.74, 6) is -0.0128. The summed E-state index contributed by atoms with van der Waals surface area (Å²) in [7, 11) is 0. The predicted molar refractivity (Wildman–Crippen MR) is 82.3 cm³/mol. The van der Waals surface area contributed by atoms with Crippen molar-refractivity contribution in [1.29, 1.82) is 0 Å². The molecule has 0 heterocycles. The van der Waals surface area contributed by atoms with Gasteiger partial charge in [-0.05, 0) is 24.7 Å². The van der Waals surface area contributed by atoms with Gasteiger partial charge in [0, 0.05) is 6.42 Å². The Morgan fingerprint density at radius 3 is 2.05 bits per heavy atom. The first-order valence-corrected chi connectivity index (χ1v) is 8.11. The zero-order valence-corrected chi connectivity index (χ0v) is 13.6. The molecule has 0 unspecified atom stereocenters. The van der Waals surface area contributed by atoms with Crippen molar-refractivity contribution < 1.29 is 9.53 Å². The summed E-state index contributed by atoms with van der Waals surface area (Å²) in [5.41, 5.74) is 0.474. The Labute approximate surface area is 120 Å². The third-order valence-corrected chi connectivity index (χ3v) is 3.32. The van der Waals surface area contributed by atoms with Gasteiger partial charge in [0.15, 0.2) is 0 Å². The van der Waals surface area contributed by atoms with E-state index in [2.05, 4.69) is 27.7 Å².